The molecule has 126 valence electrons. The van der Waals surface area contributed by atoms with Crippen LogP contribution in [0.15, 0.2) is 12.1 Å². The number of ether oxygens (including phenoxy) is 1. The Morgan fingerprint density at radius 3 is 2.35 bits per heavy atom. The average Bonchev–Trinajstić information content (AvgIpc) is 2.45. The normalized spacial score (nSPS) is 15.5. The molecule has 0 aromatic carbocycles. The molecule has 0 aliphatic carbocycles. The van der Waals surface area contributed by atoms with Crippen molar-refractivity contribution >= 4 is 29.5 Å². The summed E-state index contributed by atoms with van der Waals surface area (Å²) in [5.41, 5.74) is -0.445. The third kappa shape index (κ3) is 4.48. The van der Waals surface area contributed by atoms with E-state index in [-0.39, 0.29) is 16.8 Å². The van der Waals surface area contributed by atoms with Crippen molar-refractivity contribution in [3.05, 3.63) is 22.8 Å². The summed E-state index contributed by atoms with van der Waals surface area (Å²) in [6.45, 7) is 7.24. The molecular formula is C15H20ClN3O4. The van der Waals surface area contributed by atoms with Crippen molar-refractivity contribution in [3.8, 4) is 0 Å². The van der Waals surface area contributed by atoms with Gasteiger partial charge in [0.1, 0.15) is 22.1 Å². The van der Waals surface area contributed by atoms with Crippen LogP contribution in [0, 0.1) is 0 Å². The predicted molar refractivity (Wildman–Crippen MR) is 86.2 cm³/mol. The second-order valence-corrected chi connectivity index (χ2v) is 6.65. The molecule has 1 aliphatic heterocycles. The van der Waals surface area contributed by atoms with Crippen LogP contribution < -0.4 is 4.90 Å². The molecule has 1 fully saturated rings. The number of halogens is 1. The van der Waals surface area contributed by atoms with Crippen molar-refractivity contribution in [1.82, 2.24) is 9.88 Å². The highest BCUT2D eigenvalue weighted by atomic mass is 35.5. The summed E-state index contributed by atoms with van der Waals surface area (Å²) in [7, 11) is 0. The van der Waals surface area contributed by atoms with E-state index in [9.17, 15) is 14.7 Å². The van der Waals surface area contributed by atoms with Crippen molar-refractivity contribution in [2.75, 3.05) is 31.1 Å². The number of nitrogens with zero attached hydrogens (tertiary/aromatic N) is 3. The molecule has 0 bridgehead atoms. The molecule has 1 amide bonds. The van der Waals surface area contributed by atoms with Crippen LogP contribution in [0.5, 0.6) is 0 Å². The zero-order valence-electron chi connectivity index (χ0n) is 13.4. The molecule has 0 radical (unpaired) electrons. The fourth-order valence-corrected chi connectivity index (χ4v) is 2.40. The lowest BCUT2D eigenvalue weighted by Gasteiger charge is -2.36. The first kappa shape index (κ1) is 17.3. The number of amides is 1. The van der Waals surface area contributed by atoms with Crippen molar-refractivity contribution in [3.63, 3.8) is 0 Å². The molecule has 23 heavy (non-hydrogen) atoms. The lowest BCUT2D eigenvalue weighted by atomic mass is 10.2. The summed E-state index contributed by atoms with van der Waals surface area (Å²) in [4.78, 5) is 30.9. The second-order valence-electron chi connectivity index (χ2n) is 6.26. The number of carbonyl (C=O) groups excluding carboxylic acids is 1. The van der Waals surface area contributed by atoms with Gasteiger partial charge in [-0.25, -0.2) is 14.6 Å². The standard InChI is InChI=1S/C15H20ClN3O4/c1-15(2,3)23-14(22)19-8-6-18(7-9-19)12-10(13(20)21)4-5-11(16)17-12/h4-5H,6-9H2,1-3H3,(H,20,21). The number of carboxylic acids is 1. The molecule has 0 saturated carbocycles. The lowest BCUT2D eigenvalue weighted by Crippen LogP contribution is -2.50. The molecule has 1 aromatic rings. The number of hydrogen-bond acceptors (Lipinski definition) is 5. The maximum absolute atomic E-state index is 12.0. The molecule has 0 unspecified atom stereocenters. The number of aromatic carboxylic acids is 1. The molecule has 1 aromatic heterocycles. The van der Waals surface area contributed by atoms with Gasteiger partial charge in [0.2, 0.25) is 0 Å². The van der Waals surface area contributed by atoms with Crippen molar-refractivity contribution < 1.29 is 19.4 Å². The van der Waals surface area contributed by atoms with Crippen molar-refractivity contribution in [1.29, 1.82) is 0 Å². The first-order chi connectivity index (χ1) is 10.7. The van der Waals surface area contributed by atoms with Gasteiger partial charge in [-0.2, -0.15) is 0 Å². The molecular weight excluding hydrogens is 322 g/mol. The average molecular weight is 342 g/mol. The topological polar surface area (TPSA) is 83.0 Å². The maximum Gasteiger partial charge on any atom is 0.410 e. The van der Waals surface area contributed by atoms with E-state index in [1.807, 2.05) is 25.7 Å². The van der Waals surface area contributed by atoms with E-state index in [2.05, 4.69) is 4.98 Å². The summed E-state index contributed by atoms with van der Waals surface area (Å²) in [5, 5.41) is 9.50. The summed E-state index contributed by atoms with van der Waals surface area (Å²) in [6, 6.07) is 2.89. The van der Waals surface area contributed by atoms with E-state index in [0.717, 1.165) is 0 Å². The molecule has 2 heterocycles. The van der Waals surface area contributed by atoms with Crippen LogP contribution in [0.25, 0.3) is 0 Å². The first-order valence-electron chi connectivity index (χ1n) is 7.30. The molecule has 2 rings (SSSR count). The van der Waals surface area contributed by atoms with Gasteiger partial charge in [-0.3, -0.25) is 0 Å². The van der Waals surface area contributed by atoms with E-state index in [1.165, 1.54) is 12.1 Å². The Hall–Kier alpha value is -2.02. The Bertz CT molecular complexity index is 607. The SMILES string of the molecule is CC(C)(C)OC(=O)N1CCN(c2nc(Cl)ccc2C(=O)O)CC1. The molecule has 1 saturated heterocycles. The lowest BCUT2D eigenvalue weighted by molar-refractivity contribution is 0.0239. The van der Waals surface area contributed by atoms with Gasteiger partial charge in [0.15, 0.2) is 0 Å². The molecule has 0 spiro atoms. The fraction of sp³-hybridized carbons (Fsp3) is 0.533. The highest BCUT2D eigenvalue weighted by Crippen LogP contribution is 2.23. The Kier molecular flexibility index (Phi) is 4.99. The summed E-state index contributed by atoms with van der Waals surface area (Å²) >= 11 is 5.88. The first-order valence-corrected chi connectivity index (χ1v) is 7.68. The monoisotopic (exact) mass is 341 g/mol. The van der Waals surface area contributed by atoms with Crippen molar-refractivity contribution in [2.45, 2.75) is 26.4 Å². The number of rotatable bonds is 2. The second kappa shape index (κ2) is 6.62. The van der Waals surface area contributed by atoms with Gasteiger partial charge < -0.3 is 19.6 Å². The van der Waals surface area contributed by atoms with Gasteiger partial charge in [0.25, 0.3) is 0 Å². The Balaban J connectivity index is 2.06. The van der Waals surface area contributed by atoms with Gasteiger partial charge in [-0.15, -0.1) is 0 Å². The van der Waals surface area contributed by atoms with Crippen LogP contribution in [0.4, 0.5) is 10.6 Å². The van der Waals surface area contributed by atoms with E-state index in [0.29, 0.717) is 32.0 Å². The Morgan fingerprint density at radius 1 is 1.22 bits per heavy atom. The van der Waals surface area contributed by atoms with Gasteiger partial charge in [-0.05, 0) is 32.9 Å². The third-order valence-corrected chi connectivity index (χ3v) is 3.51. The Morgan fingerprint density at radius 2 is 1.83 bits per heavy atom. The van der Waals surface area contributed by atoms with Gasteiger partial charge in [0.05, 0.1) is 0 Å². The minimum absolute atomic E-state index is 0.0973. The number of hydrogen-bond donors (Lipinski definition) is 1. The molecule has 1 N–H and O–H groups in total. The maximum atomic E-state index is 12.0. The van der Waals surface area contributed by atoms with Gasteiger partial charge >= 0.3 is 12.1 Å². The van der Waals surface area contributed by atoms with Crippen LogP contribution >= 0.6 is 11.6 Å². The van der Waals surface area contributed by atoms with Crippen LogP contribution in [-0.4, -0.2) is 58.8 Å². The summed E-state index contributed by atoms with van der Waals surface area (Å²) in [5.74, 6) is -0.729. The highest BCUT2D eigenvalue weighted by molar-refractivity contribution is 6.29. The molecule has 7 nitrogen and oxygen atoms in total. The Labute approximate surface area is 139 Å². The van der Waals surface area contributed by atoms with E-state index >= 15 is 0 Å². The number of carbonyl (C=O) groups is 2. The highest BCUT2D eigenvalue weighted by Gasteiger charge is 2.28. The quantitative estimate of drug-likeness (QED) is 0.832. The smallest absolute Gasteiger partial charge is 0.410 e. The number of carboxylic acid groups (broad SMARTS) is 1. The van der Waals surface area contributed by atoms with Crippen LogP contribution in [0.1, 0.15) is 31.1 Å². The van der Waals surface area contributed by atoms with Crippen LogP contribution in [-0.2, 0) is 4.74 Å². The fourth-order valence-electron chi connectivity index (χ4n) is 2.26. The molecule has 1 aliphatic rings. The predicted octanol–water partition coefficient (Wildman–Crippen LogP) is 2.49. The number of piperazine rings is 1. The molecule has 8 heteroatoms. The van der Waals surface area contributed by atoms with Crippen molar-refractivity contribution in [2.24, 2.45) is 0 Å². The largest absolute Gasteiger partial charge is 0.478 e. The number of anilines is 1. The zero-order valence-corrected chi connectivity index (χ0v) is 14.1. The van der Waals surface area contributed by atoms with Crippen LogP contribution in [0.3, 0.4) is 0 Å². The summed E-state index contributed by atoms with van der Waals surface area (Å²) in [6.07, 6.45) is -0.366. The minimum Gasteiger partial charge on any atom is -0.478 e. The van der Waals surface area contributed by atoms with E-state index in [4.69, 9.17) is 16.3 Å². The number of aromatic nitrogens is 1. The minimum atomic E-state index is -1.06. The van der Waals surface area contributed by atoms with Crippen LogP contribution in [0.2, 0.25) is 5.15 Å². The van der Waals surface area contributed by atoms with Gasteiger partial charge in [-0.1, -0.05) is 11.6 Å². The summed E-state index contributed by atoms with van der Waals surface area (Å²) < 4.78 is 5.34. The van der Waals surface area contributed by atoms with Gasteiger partial charge in [0, 0.05) is 26.2 Å². The van der Waals surface area contributed by atoms with E-state index in [1.54, 1.807) is 4.90 Å². The molecule has 0 atom stereocenters. The number of pyridine rings is 1. The zero-order chi connectivity index (χ0) is 17.2. The van der Waals surface area contributed by atoms with E-state index < -0.39 is 11.6 Å². The third-order valence-electron chi connectivity index (χ3n) is 3.30.